The molecule has 1 N–H and O–H groups in total. The van der Waals surface area contributed by atoms with Crippen LogP contribution in [0.5, 0.6) is 0 Å². The van der Waals surface area contributed by atoms with Crippen LogP contribution in [0, 0.1) is 5.92 Å². The van der Waals surface area contributed by atoms with Gasteiger partial charge in [0.15, 0.2) is 0 Å². The number of halogens is 1. The van der Waals surface area contributed by atoms with E-state index in [9.17, 15) is 0 Å². The Morgan fingerprint density at radius 3 is 2.67 bits per heavy atom. The Morgan fingerprint density at radius 2 is 2.33 bits per heavy atom. The van der Waals surface area contributed by atoms with Crippen LogP contribution in [0.1, 0.15) is 26.2 Å². The quantitative estimate of drug-likeness (QED) is 0.600. The third-order valence-corrected chi connectivity index (χ3v) is 1.98. The van der Waals surface area contributed by atoms with Crippen molar-refractivity contribution in [3.8, 4) is 0 Å². The molecule has 0 unspecified atom stereocenters. The van der Waals surface area contributed by atoms with Crippen molar-refractivity contribution < 1.29 is 0 Å². The predicted molar refractivity (Wildman–Crippen MR) is 43.1 cm³/mol. The lowest BCUT2D eigenvalue weighted by Gasteiger charge is -2.20. The molecule has 0 radical (unpaired) electrons. The molecule has 2 heteroatoms. The van der Waals surface area contributed by atoms with E-state index < -0.39 is 0 Å². The van der Waals surface area contributed by atoms with Crippen LogP contribution in [-0.2, 0) is 0 Å². The Labute approximate surface area is 63.6 Å². The minimum absolute atomic E-state index is 0. The molecule has 1 fully saturated rings. The van der Waals surface area contributed by atoms with Gasteiger partial charge in [-0.15, -0.1) is 12.4 Å². The molecule has 0 amide bonds. The normalized spacial score (nSPS) is 27.0. The molecule has 1 rings (SSSR count). The van der Waals surface area contributed by atoms with Crippen molar-refractivity contribution in [2.75, 3.05) is 13.1 Å². The zero-order chi connectivity index (χ0) is 5.82. The summed E-state index contributed by atoms with van der Waals surface area (Å²) in [7, 11) is 0. The zero-order valence-corrected chi connectivity index (χ0v) is 6.84. The minimum atomic E-state index is 0. The lowest BCUT2D eigenvalue weighted by Crippen LogP contribution is -2.29. The smallest absolute Gasteiger partial charge is 0.00206 e. The second-order valence-electron chi connectivity index (χ2n) is 2.62. The fourth-order valence-electron chi connectivity index (χ4n) is 1.27. The highest BCUT2D eigenvalue weighted by Gasteiger charge is 2.08. The Balaban J connectivity index is 0.000000640. The monoisotopic (exact) mass is 149 g/mol. The van der Waals surface area contributed by atoms with Gasteiger partial charge in [0.05, 0.1) is 0 Å². The summed E-state index contributed by atoms with van der Waals surface area (Å²) in [6, 6.07) is 0. The van der Waals surface area contributed by atoms with Gasteiger partial charge in [0.1, 0.15) is 0 Å². The second-order valence-corrected chi connectivity index (χ2v) is 2.62. The second kappa shape index (κ2) is 5.07. The van der Waals surface area contributed by atoms with E-state index in [0.29, 0.717) is 0 Å². The molecule has 1 nitrogen and oxygen atoms in total. The summed E-state index contributed by atoms with van der Waals surface area (Å²) in [5, 5.41) is 3.39. The van der Waals surface area contributed by atoms with Crippen LogP contribution in [0.3, 0.4) is 0 Å². The summed E-state index contributed by atoms with van der Waals surface area (Å²) >= 11 is 0. The molecule has 0 aromatic carbocycles. The average Bonchev–Trinajstić information content (AvgIpc) is 1.90. The molecule has 1 aliphatic heterocycles. The molecule has 0 aromatic heterocycles. The maximum atomic E-state index is 3.39. The number of nitrogens with one attached hydrogen (secondary N) is 1. The lowest BCUT2D eigenvalue weighted by atomic mass is 9.97. The first-order valence-electron chi connectivity index (χ1n) is 3.64. The van der Waals surface area contributed by atoms with E-state index in [-0.39, 0.29) is 12.4 Å². The zero-order valence-electron chi connectivity index (χ0n) is 6.02. The molecular formula is C7H16ClN. The topological polar surface area (TPSA) is 12.0 Å². The summed E-state index contributed by atoms with van der Waals surface area (Å²) in [5.74, 6) is 0.976. The van der Waals surface area contributed by atoms with Crippen molar-refractivity contribution in [2.45, 2.75) is 26.2 Å². The van der Waals surface area contributed by atoms with E-state index >= 15 is 0 Å². The van der Waals surface area contributed by atoms with Gasteiger partial charge in [0.25, 0.3) is 0 Å². The van der Waals surface area contributed by atoms with Crippen molar-refractivity contribution in [3.05, 3.63) is 0 Å². The van der Waals surface area contributed by atoms with Crippen molar-refractivity contribution in [3.63, 3.8) is 0 Å². The Morgan fingerprint density at radius 1 is 1.56 bits per heavy atom. The van der Waals surface area contributed by atoms with E-state index in [0.717, 1.165) is 5.92 Å². The van der Waals surface area contributed by atoms with E-state index in [1.54, 1.807) is 0 Å². The first-order chi connectivity index (χ1) is 3.93. The minimum Gasteiger partial charge on any atom is -0.316 e. The summed E-state index contributed by atoms with van der Waals surface area (Å²) < 4.78 is 0. The SMILES string of the molecule is CC[C@H]1CCCNC1.Cl. The van der Waals surface area contributed by atoms with E-state index in [1.807, 2.05) is 0 Å². The van der Waals surface area contributed by atoms with Gasteiger partial charge in [-0.1, -0.05) is 13.3 Å². The fourth-order valence-corrected chi connectivity index (χ4v) is 1.27. The molecule has 0 spiro atoms. The van der Waals surface area contributed by atoms with Crippen LogP contribution in [-0.4, -0.2) is 13.1 Å². The van der Waals surface area contributed by atoms with Crippen molar-refractivity contribution in [1.29, 1.82) is 0 Å². The van der Waals surface area contributed by atoms with Gasteiger partial charge in [0, 0.05) is 0 Å². The number of hydrogen-bond acceptors (Lipinski definition) is 1. The highest BCUT2D eigenvalue weighted by atomic mass is 35.5. The molecule has 1 saturated heterocycles. The van der Waals surface area contributed by atoms with Gasteiger partial charge >= 0.3 is 0 Å². The van der Waals surface area contributed by atoms with Gasteiger partial charge < -0.3 is 5.32 Å². The predicted octanol–water partition coefficient (Wildman–Crippen LogP) is 1.82. The van der Waals surface area contributed by atoms with E-state index in [1.165, 1.54) is 32.4 Å². The summed E-state index contributed by atoms with van der Waals surface area (Å²) in [5.41, 5.74) is 0. The standard InChI is InChI=1S/C7H15N.ClH/c1-2-7-4-3-5-8-6-7;/h7-8H,2-6H2,1H3;1H/t7-;/m0./s1. The molecule has 0 aliphatic carbocycles. The van der Waals surface area contributed by atoms with Crippen molar-refractivity contribution in [1.82, 2.24) is 5.32 Å². The van der Waals surface area contributed by atoms with Crippen LogP contribution >= 0.6 is 12.4 Å². The fraction of sp³-hybridized carbons (Fsp3) is 1.00. The molecule has 1 aliphatic rings. The van der Waals surface area contributed by atoms with Crippen LogP contribution in [0.2, 0.25) is 0 Å². The molecular weight excluding hydrogens is 134 g/mol. The molecule has 0 bridgehead atoms. The maximum Gasteiger partial charge on any atom is -0.00206 e. The van der Waals surface area contributed by atoms with Gasteiger partial charge in [-0.3, -0.25) is 0 Å². The van der Waals surface area contributed by atoms with Gasteiger partial charge in [-0.05, 0) is 31.8 Å². The Kier molecular flexibility index (Phi) is 5.21. The van der Waals surface area contributed by atoms with Crippen LogP contribution < -0.4 is 5.32 Å². The van der Waals surface area contributed by atoms with Gasteiger partial charge in [-0.2, -0.15) is 0 Å². The molecule has 9 heavy (non-hydrogen) atoms. The van der Waals surface area contributed by atoms with Crippen molar-refractivity contribution >= 4 is 12.4 Å². The molecule has 1 heterocycles. The Hall–Kier alpha value is 0.250. The lowest BCUT2D eigenvalue weighted by molar-refractivity contribution is 0.369. The van der Waals surface area contributed by atoms with E-state index in [4.69, 9.17) is 0 Å². The number of rotatable bonds is 1. The summed E-state index contributed by atoms with van der Waals surface area (Å²) in [6.45, 7) is 4.78. The van der Waals surface area contributed by atoms with Gasteiger partial charge in [0.2, 0.25) is 0 Å². The van der Waals surface area contributed by atoms with Crippen LogP contribution in [0.15, 0.2) is 0 Å². The van der Waals surface area contributed by atoms with Crippen LogP contribution in [0.4, 0.5) is 0 Å². The first kappa shape index (κ1) is 9.25. The highest BCUT2D eigenvalue weighted by Crippen LogP contribution is 2.12. The molecule has 1 atom stereocenters. The van der Waals surface area contributed by atoms with E-state index in [2.05, 4.69) is 12.2 Å². The average molecular weight is 150 g/mol. The van der Waals surface area contributed by atoms with Crippen molar-refractivity contribution in [2.24, 2.45) is 5.92 Å². The molecule has 56 valence electrons. The largest absolute Gasteiger partial charge is 0.316 e. The molecule has 0 saturated carbocycles. The highest BCUT2D eigenvalue weighted by molar-refractivity contribution is 5.85. The number of hydrogen-bond donors (Lipinski definition) is 1. The van der Waals surface area contributed by atoms with Crippen LogP contribution in [0.25, 0.3) is 0 Å². The number of piperidine rings is 1. The third kappa shape index (κ3) is 3.07. The Bertz CT molecular complexity index is 59.9. The maximum absolute atomic E-state index is 3.39. The first-order valence-corrected chi connectivity index (χ1v) is 3.64. The summed E-state index contributed by atoms with van der Waals surface area (Å²) in [4.78, 5) is 0. The van der Waals surface area contributed by atoms with Gasteiger partial charge in [-0.25, -0.2) is 0 Å². The third-order valence-electron chi connectivity index (χ3n) is 1.98. The molecule has 0 aromatic rings. The summed E-state index contributed by atoms with van der Waals surface area (Å²) in [6.07, 6.45) is 4.19.